The number of aryl methyl sites for hydroxylation is 1. The Morgan fingerprint density at radius 1 is 1.22 bits per heavy atom. The predicted molar refractivity (Wildman–Crippen MR) is 90.2 cm³/mol. The third-order valence-electron chi connectivity index (χ3n) is 3.07. The van der Waals surface area contributed by atoms with Gasteiger partial charge in [0, 0.05) is 11.3 Å². The van der Waals surface area contributed by atoms with Crippen LogP contribution >= 0.6 is 11.3 Å². The maximum atomic E-state index is 12.0. The number of carbonyl (C=O) groups excluding carboxylic acids is 2. The molecule has 122 valence electrons. The minimum absolute atomic E-state index is 0.145. The first-order valence-electron chi connectivity index (χ1n) is 7.26. The van der Waals surface area contributed by atoms with E-state index in [4.69, 9.17) is 9.47 Å². The number of amides is 1. The molecule has 6 heteroatoms. The number of ether oxygens (including phenoxy) is 2. The summed E-state index contributed by atoms with van der Waals surface area (Å²) in [6, 6.07) is 11.2. The van der Waals surface area contributed by atoms with E-state index in [9.17, 15) is 9.59 Å². The zero-order valence-corrected chi connectivity index (χ0v) is 13.9. The molecule has 1 N–H and O–H groups in total. The smallest absolute Gasteiger partial charge is 0.340 e. The molecule has 0 aliphatic heterocycles. The lowest BCUT2D eigenvalue weighted by Gasteiger charge is -2.07. The normalized spacial score (nSPS) is 10.2. The second kappa shape index (κ2) is 8.33. The van der Waals surface area contributed by atoms with Gasteiger partial charge in [0.15, 0.2) is 0 Å². The van der Waals surface area contributed by atoms with E-state index in [0.717, 1.165) is 10.6 Å². The zero-order chi connectivity index (χ0) is 16.7. The molecule has 0 saturated heterocycles. The number of rotatable bonds is 7. The summed E-state index contributed by atoms with van der Waals surface area (Å²) in [5.41, 5.74) is 0.392. The molecule has 5 nitrogen and oxygen atoms in total. The van der Waals surface area contributed by atoms with Gasteiger partial charge in [0.25, 0.3) is 0 Å². The summed E-state index contributed by atoms with van der Waals surface area (Å²) in [4.78, 5) is 24.6. The Balaban J connectivity index is 1.80. The SMILES string of the molecule is COC(=O)c1cc(C)sc1NC(=O)CCCOc1ccccc1. The molecule has 0 aliphatic carbocycles. The molecule has 0 spiro atoms. The van der Waals surface area contributed by atoms with Gasteiger partial charge in [0.05, 0.1) is 19.3 Å². The fourth-order valence-electron chi connectivity index (χ4n) is 2.00. The number of thiophene rings is 1. The van der Waals surface area contributed by atoms with E-state index in [2.05, 4.69) is 5.32 Å². The molecule has 0 atom stereocenters. The predicted octanol–water partition coefficient (Wildman–Crippen LogP) is 3.64. The molecule has 1 aromatic carbocycles. The first-order valence-corrected chi connectivity index (χ1v) is 8.08. The van der Waals surface area contributed by atoms with Crippen molar-refractivity contribution in [3.63, 3.8) is 0 Å². The molecule has 2 rings (SSSR count). The van der Waals surface area contributed by atoms with Crippen LogP contribution in [-0.2, 0) is 9.53 Å². The zero-order valence-electron chi connectivity index (χ0n) is 13.1. The van der Waals surface area contributed by atoms with E-state index in [-0.39, 0.29) is 5.91 Å². The van der Waals surface area contributed by atoms with Crippen LogP contribution in [0.25, 0.3) is 0 Å². The summed E-state index contributed by atoms with van der Waals surface area (Å²) in [5.74, 6) is 0.195. The summed E-state index contributed by atoms with van der Waals surface area (Å²) >= 11 is 1.36. The van der Waals surface area contributed by atoms with Crippen LogP contribution in [0.15, 0.2) is 36.4 Å². The second-order valence-electron chi connectivity index (χ2n) is 4.90. The highest BCUT2D eigenvalue weighted by Crippen LogP contribution is 2.28. The molecule has 0 aliphatic rings. The summed E-state index contributed by atoms with van der Waals surface area (Å²) in [5, 5.41) is 3.30. The molecule has 0 bridgehead atoms. The monoisotopic (exact) mass is 333 g/mol. The largest absolute Gasteiger partial charge is 0.494 e. The third-order valence-corrected chi connectivity index (χ3v) is 4.04. The topological polar surface area (TPSA) is 64.6 Å². The summed E-state index contributed by atoms with van der Waals surface area (Å²) in [6.45, 7) is 2.34. The van der Waals surface area contributed by atoms with Crippen molar-refractivity contribution in [1.29, 1.82) is 0 Å². The van der Waals surface area contributed by atoms with Crippen molar-refractivity contribution in [1.82, 2.24) is 0 Å². The Labute approximate surface area is 139 Å². The van der Waals surface area contributed by atoms with Crippen LogP contribution in [0.1, 0.15) is 28.1 Å². The van der Waals surface area contributed by atoms with Gasteiger partial charge in [-0.3, -0.25) is 4.79 Å². The summed E-state index contributed by atoms with van der Waals surface area (Å²) in [6.07, 6.45) is 0.920. The average molecular weight is 333 g/mol. The van der Waals surface area contributed by atoms with Crippen molar-refractivity contribution < 1.29 is 19.1 Å². The highest BCUT2D eigenvalue weighted by molar-refractivity contribution is 7.16. The lowest BCUT2D eigenvalue weighted by Crippen LogP contribution is -2.14. The number of nitrogens with one attached hydrogen (secondary N) is 1. The van der Waals surface area contributed by atoms with Crippen molar-refractivity contribution in [2.45, 2.75) is 19.8 Å². The Kier molecular flexibility index (Phi) is 6.17. The number of methoxy groups -OCH3 is 1. The molecule has 1 aromatic heterocycles. The van der Waals surface area contributed by atoms with Crippen LogP contribution in [0.3, 0.4) is 0 Å². The van der Waals surface area contributed by atoms with E-state index >= 15 is 0 Å². The number of esters is 1. The minimum Gasteiger partial charge on any atom is -0.494 e. The van der Waals surface area contributed by atoms with Gasteiger partial charge in [-0.2, -0.15) is 0 Å². The first-order chi connectivity index (χ1) is 11.1. The van der Waals surface area contributed by atoms with Gasteiger partial charge in [-0.15, -0.1) is 11.3 Å². The van der Waals surface area contributed by atoms with Crippen molar-refractivity contribution in [3.05, 3.63) is 46.8 Å². The Hall–Kier alpha value is -2.34. The lowest BCUT2D eigenvalue weighted by molar-refractivity contribution is -0.116. The van der Waals surface area contributed by atoms with Gasteiger partial charge >= 0.3 is 5.97 Å². The number of hydrogen-bond acceptors (Lipinski definition) is 5. The van der Waals surface area contributed by atoms with Gasteiger partial charge < -0.3 is 14.8 Å². The number of carbonyl (C=O) groups is 2. The Morgan fingerprint density at radius 2 is 1.96 bits per heavy atom. The molecule has 23 heavy (non-hydrogen) atoms. The minimum atomic E-state index is -0.447. The van der Waals surface area contributed by atoms with Crippen LogP contribution in [0.4, 0.5) is 5.00 Å². The molecule has 1 amide bonds. The van der Waals surface area contributed by atoms with E-state index in [0.29, 0.717) is 30.0 Å². The number of benzene rings is 1. The molecule has 0 unspecified atom stereocenters. The van der Waals surface area contributed by atoms with Crippen LogP contribution < -0.4 is 10.1 Å². The fourth-order valence-corrected chi connectivity index (χ4v) is 2.91. The van der Waals surface area contributed by atoms with Gasteiger partial charge in [-0.25, -0.2) is 4.79 Å². The molecule has 1 heterocycles. The van der Waals surface area contributed by atoms with E-state index in [1.165, 1.54) is 18.4 Å². The van der Waals surface area contributed by atoms with Gasteiger partial charge in [-0.1, -0.05) is 18.2 Å². The molecular formula is C17H19NO4S. The van der Waals surface area contributed by atoms with Crippen molar-refractivity contribution in [2.24, 2.45) is 0 Å². The van der Waals surface area contributed by atoms with Crippen LogP contribution in [0.5, 0.6) is 5.75 Å². The van der Waals surface area contributed by atoms with E-state index < -0.39 is 5.97 Å². The Bertz CT molecular complexity index is 666. The quantitative estimate of drug-likeness (QED) is 0.620. The first kappa shape index (κ1) is 17.0. The number of anilines is 1. The molecule has 0 fully saturated rings. The Morgan fingerprint density at radius 3 is 2.65 bits per heavy atom. The van der Waals surface area contributed by atoms with Crippen molar-refractivity contribution >= 4 is 28.2 Å². The third kappa shape index (κ3) is 5.10. The fraction of sp³-hybridized carbons (Fsp3) is 0.294. The van der Waals surface area contributed by atoms with Crippen LogP contribution in [0.2, 0.25) is 0 Å². The summed E-state index contributed by atoms with van der Waals surface area (Å²) < 4.78 is 10.3. The lowest BCUT2D eigenvalue weighted by atomic mass is 10.2. The van der Waals surface area contributed by atoms with E-state index in [1.54, 1.807) is 6.07 Å². The maximum absolute atomic E-state index is 12.0. The highest BCUT2D eigenvalue weighted by atomic mass is 32.1. The average Bonchev–Trinajstić information content (AvgIpc) is 2.92. The highest BCUT2D eigenvalue weighted by Gasteiger charge is 2.17. The maximum Gasteiger partial charge on any atom is 0.340 e. The molecule has 2 aromatic rings. The van der Waals surface area contributed by atoms with Gasteiger partial charge in [-0.05, 0) is 31.5 Å². The van der Waals surface area contributed by atoms with Crippen LogP contribution in [-0.4, -0.2) is 25.6 Å². The van der Waals surface area contributed by atoms with E-state index in [1.807, 2.05) is 37.3 Å². The summed E-state index contributed by atoms with van der Waals surface area (Å²) in [7, 11) is 1.32. The van der Waals surface area contributed by atoms with Gasteiger partial charge in [0.1, 0.15) is 10.8 Å². The number of para-hydroxylation sites is 1. The second-order valence-corrected chi connectivity index (χ2v) is 6.16. The number of hydrogen-bond donors (Lipinski definition) is 1. The van der Waals surface area contributed by atoms with Crippen molar-refractivity contribution in [3.8, 4) is 5.75 Å². The van der Waals surface area contributed by atoms with Crippen LogP contribution in [0, 0.1) is 6.92 Å². The van der Waals surface area contributed by atoms with Crippen molar-refractivity contribution in [2.75, 3.05) is 19.0 Å². The van der Waals surface area contributed by atoms with Gasteiger partial charge in [0.2, 0.25) is 5.91 Å². The molecule has 0 radical (unpaired) electrons. The molecule has 0 saturated carbocycles. The molecular weight excluding hydrogens is 314 g/mol. The standard InChI is InChI=1S/C17H19NO4S/c1-12-11-14(17(20)21-2)16(23-12)18-15(19)9-6-10-22-13-7-4-3-5-8-13/h3-5,7-8,11H,6,9-10H2,1-2H3,(H,18,19).